The Morgan fingerprint density at radius 1 is 0.778 bits per heavy atom. The topological polar surface area (TPSA) is 216 Å². The molecule has 8 rings (SSSR count). The Kier molecular flexibility index (Phi) is 16.4. The highest BCUT2D eigenvalue weighted by molar-refractivity contribution is 6.32. The number of anilines is 1. The van der Waals surface area contributed by atoms with Gasteiger partial charge in [-0.2, -0.15) is 5.26 Å². The number of fused-ring (bicyclic) bond motifs is 1. The van der Waals surface area contributed by atoms with Crippen LogP contribution in [0.2, 0.25) is 5.02 Å². The number of hydrogen-bond acceptors (Lipinski definition) is 11. The number of amides is 7. The Balaban J connectivity index is 0.834. The number of likely N-dealkylation sites (tertiary alicyclic amines) is 1. The summed E-state index contributed by atoms with van der Waals surface area (Å²) in [5, 5.41) is 20.5. The predicted molar refractivity (Wildman–Crippen MR) is 268 cm³/mol. The maximum absolute atomic E-state index is 13.7. The van der Waals surface area contributed by atoms with E-state index in [9.17, 15) is 38.8 Å². The fraction of sp³-hybridized carbons (Fsp3) is 0.309. The molecule has 5 aromatic carbocycles. The summed E-state index contributed by atoms with van der Waals surface area (Å²) in [6.07, 6.45) is 2.50. The number of piperidine rings is 2. The molecule has 3 aliphatic rings. The van der Waals surface area contributed by atoms with Crippen molar-refractivity contribution in [2.45, 2.75) is 90.1 Å². The van der Waals surface area contributed by atoms with Gasteiger partial charge in [-0.3, -0.25) is 48.7 Å². The lowest BCUT2D eigenvalue weighted by atomic mass is 9.97. The Labute approximate surface area is 422 Å². The van der Waals surface area contributed by atoms with E-state index < -0.39 is 41.6 Å². The van der Waals surface area contributed by atoms with Crippen LogP contribution < -0.4 is 30.7 Å². The van der Waals surface area contributed by atoms with Gasteiger partial charge in [0.2, 0.25) is 29.5 Å². The van der Waals surface area contributed by atoms with Crippen LogP contribution in [0.15, 0.2) is 103 Å². The van der Waals surface area contributed by atoms with E-state index in [-0.39, 0.29) is 87.0 Å². The molecule has 2 unspecified atom stereocenters. The largest absolute Gasteiger partial charge is 0.488 e. The Bertz CT molecular complexity index is 2960. The SMILES string of the molecule is Cc1c(COc2cc(OCc3cccc(C#N)c3)c(CN3CCCCC3C(=O)NCCNC(=O)CCCC(=O)Nc3cccc4c3C(=O)N(C3CCC(=O)NC3=O)C4=O)cc2Cl)cccc1-c1ccccc1. The summed E-state index contributed by atoms with van der Waals surface area (Å²) in [7, 11) is 0. The van der Waals surface area contributed by atoms with Crippen LogP contribution in [-0.4, -0.2) is 82.9 Å². The first-order valence-corrected chi connectivity index (χ1v) is 24.4. The molecule has 17 heteroatoms. The molecule has 16 nitrogen and oxygen atoms in total. The normalized spacial score (nSPS) is 16.6. The molecule has 2 atom stereocenters. The van der Waals surface area contributed by atoms with E-state index in [1.807, 2.05) is 48.5 Å². The van der Waals surface area contributed by atoms with Crippen molar-refractivity contribution in [2.24, 2.45) is 0 Å². The van der Waals surface area contributed by atoms with E-state index in [0.717, 1.165) is 51.1 Å². The minimum absolute atomic E-state index is 0.00269. The minimum Gasteiger partial charge on any atom is -0.488 e. The third-order valence-corrected chi connectivity index (χ3v) is 13.4. The number of carbonyl (C=O) groups excluding carboxylic acids is 7. The molecule has 2 saturated heterocycles. The van der Waals surface area contributed by atoms with Gasteiger partial charge in [0.1, 0.15) is 30.8 Å². The monoisotopic (exact) mass is 991 g/mol. The van der Waals surface area contributed by atoms with Crippen molar-refractivity contribution in [1.29, 1.82) is 5.26 Å². The molecule has 3 aliphatic heterocycles. The van der Waals surface area contributed by atoms with Gasteiger partial charge in [0.25, 0.3) is 11.8 Å². The number of halogens is 1. The zero-order chi connectivity index (χ0) is 50.7. The van der Waals surface area contributed by atoms with E-state index in [1.165, 1.54) is 18.2 Å². The molecule has 7 amide bonds. The van der Waals surface area contributed by atoms with E-state index in [2.05, 4.69) is 57.4 Å². The Morgan fingerprint density at radius 2 is 1.53 bits per heavy atom. The molecule has 72 heavy (non-hydrogen) atoms. The summed E-state index contributed by atoms with van der Waals surface area (Å²) in [4.78, 5) is 93.0. The second-order valence-electron chi connectivity index (χ2n) is 17.9. The quantitative estimate of drug-likeness (QED) is 0.0482. The van der Waals surface area contributed by atoms with Crippen LogP contribution in [0.4, 0.5) is 5.69 Å². The van der Waals surface area contributed by atoms with Gasteiger partial charge >= 0.3 is 0 Å². The van der Waals surface area contributed by atoms with Crippen molar-refractivity contribution in [3.63, 3.8) is 0 Å². The number of nitrogens with one attached hydrogen (secondary N) is 4. The van der Waals surface area contributed by atoms with Gasteiger partial charge < -0.3 is 25.4 Å². The molecule has 2 fully saturated rings. The lowest BCUT2D eigenvalue weighted by Crippen LogP contribution is -2.54. The summed E-state index contributed by atoms with van der Waals surface area (Å²) in [5.41, 5.74) is 6.52. The van der Waals surface area contributed by atoms with E-state index in [1.54, 1.807) is 18.2 Å². The highest BCUT2D eigenvalue weighted by Gasteiger charge is 2.45. The molecule has 0 radical (unpaired) electrons. The first-order valence-electron chi connectivity index (χ1n) is 24.0. The van der Waals surface area contributed by atoms with Gasteiger partial charge in [-0.15, -0.1) is 0 Å². The molecule has 3 heterocycles. The second-order valence-corrected chi connectivity index (χ2v) is 18.3. The van der Waals surface area contributed by atoms with Gasteiger partial charge in [0.15, 0.2) is 0 Å². The average Bonchev–Trinajstić information content (AvgIpc) is 3.63. The van der Waals surface area contributed by atoms with Crippen LogP contribution in [0.1, 0.15) is 99.9 Å². The van der Waals surface area contributed by atoms with Crippen LogP contribution in [0.3, 0.4) is 0 Å². The highest BCUT2D eigenvalue weighted by atomic mass is 35.5. The zero-order valence-corrected chi connectivity index (χ0v) is 40.5. The Morgan fingerprint density at radius 3 is 2.33 bits per heavy atom. The van der Waals surface area contributed by atoms with E-state index in [0.29, 0.717) is 41.6 Å². The second kappa shape index (κ2) is 23.4. The number of nitrogens with zero attached hydrogens (tertiary/aromatic N) is 3. The first-order chi connectivity index (χ1) is 34.9. The van der Waals surface area contributed by atoms with Crippen molar-refractivity contribution >= 4 is 58.6 Å². The van der Waals surface area contributed by atoms with Crippen LogP contribution in [0, 0.1) is 18.3 Å². The summed E-state index contributed by atoms with van der Waals surface area (Å²) in [5.74, 6) is -2.65. The fourth-order valence-electron chi connectivity index (χ4n) is 9.29. The summed E-state index contributed by atoms with van der Waals surface area (Å²) >= 11 is 6.95. The van der Waals surface area contributed by atoms with Crippen LogP contribution in [0.5, 0.6) is 11.5 Å². The molecular formula is C55H54ClN7O9. The van der Waals surface area contributed by atoms with Crippen molar-refractivity contribution in [2.75, 3.05) is 25.0 Å². The predicted octanol–water partition coefficient (Wildman–Crippen LogP) is 7.14. The lowest BCUT2D eigenvalue weighted by Gasteiger charge is -2.35. The average molecular weight is 993 g/mol. The van der Waals surface area contributed by atoms with Crippen molar-refractivity contribution in [3.05, 3.63) is 147 Å². The fourth-order valence-corrected chi connectivity index (χ4v) is 9.53. The third kappa shape index (κ3) is 12.0. The molecule has 370 valence electrons. The molecule has 0 aliphatic carbocycles. The lowest BCUT2D eigenvalue weighted by molar-refractivity contribution is -0.136. The van der Waals surface area contributed by atoms with Crippen molar-refractivity contribution in [3.8, 4) is 28.7 Å². The summed E-state index contributed by atoms with van der Waals surface area (Å²) in [6.45, 7) is 3.88. The minimum atomic E-state index is -1.14. The maximum Gasteiger partial charge on any atom is 0.264 e. The van der Waals surface area contributed by atoms with Crippen LogP contribution >= 0.6 is 11.6 Å². The zero-order valence-electron chi connectivity index (χ0n) is 39.8. The third-order valence-electron chi connectivity index (χ3n) is 13.1. The molecular weight excluding hydrogens is 938 g/mol. The molecule has 0 aromatic heterocycles. The number of imide groups is 2. The molecule has 4 N–H and O–H groups in total. The number of carbonyl (C=O) groups is 7. The van der Waals surface area contributed by atoms with Gasteiger partial charge in [0.05, 0.1) is 39.5 Å². The van der Waals surface area contributed by atoms with Crippen LogP contribution in [-0.2, 0) is 43.7 Å². The van der Waals surface area contributed by atoms with Gasteiger partial charge in [0, 0.05) is 50.5 Å². The first kappa shape index (κ1) is 50.5. The highest BCUT2D eigenvalue weighted by Crippen LogP contribution is 2.37. The molecule has 5 aromatic rings. The molecule has 0 bridgehead atoms. The molecule has 0 spiro atoms. The van der Waals surface area contributed by atoms with E-state index in [4.69, 9.17) is 21.1 Å². The smallest absolute Gasteiger partial charge is 0.264 e. The summed E-state index contributed by atoms with van der Waals surface area (Å²) in [6, 6.07) is 32.1. The standard InChI is InChI=1S/C55H54ClN7O9/c1-34-38(15-8-16-40(34)37-13-3-2-4-14-37)33-72-47-29-46(71-32-36-12-7-11-35(27-36)30-57)39(28-42(47)56)31-62-26-6-5-19-44(62)52(67)59-25-24-58-48(64)20-10-21-49(65)60-43-18-9-17-41-51(43)55(70)63(54(41)69)45-22-23-50(66)61-53(45)68/h2-4,7-9,11-18,27-29,44-45H,5-6,10,19-26,31-33H2,1H3,(H,58,64)(H,59,67)(H,60,65)(H,61,66,68). The van der Waals surface area contributed by atoms with Crippen molar-refractivity contribution < 1.29 is 43.0 Å². The maximum atomic E-state index is 13.7. The van der Waals surface area contributed by atoms with Gasteiger partial charge in [-0.25, -0.2) is 0 Å². The van der Waals surface area contributed by atoms with Crippen molar-refractivity contribution in [1.82, 2.24) is 25.8 Å². The number of rotatable bonds is 19. The summed E-state index contributed by atoms with van der Waals surface area (Å²) < 4.78 is 12.8. The van der Waals surface area contributed by atoms with Gasteiger partial charge in [-0.1, -0.05) is 84.8 Å². The van der Waals surface area contributed by atoms with Crippen LogP contribution in [0.25, 0.3) is 11.1 Å². The number of nitriles is 1. The number of benzene rings is 5. The number of hydrogen-bond donors (Lipinski definition) is 4. The van der Waals surface area contributed by atoms with E-state index >= 15 is 0 Å². The van der Waals surface area contributed by atoms with Gasteiger partial charge in [-0.05, 0) is 97.3 Å². The Hall–Kier alpha value is -7.87. The molecule has 0 saturated carbocycles. The number of ether oxygens (including phenoxy) is 2.